The van der Waals surface area contributed by atoms with Crippen LogP contribution in [0.25, 0.3) is 0 Å². The van der Waals surface area contributed by atoms with Gasteiger partial charge in [0.25, 0.3) is 0 Å². The van der Waals surface area contributed by atoms with E-state index in [1.54, 1.807) is 0 Å². The van der Waals surface area contributed by atoms with Crippen molar-refractivity contribution in [1.82, 2.24) is 10.1 Å². The molecule has 18 heavy (non-hydrogen) atoms. The summed E-state index contributed by atoms with van der Waals surface area (Å²) < 4.78 is 5.38. The third kappa shape index (κ3) is 1.88. The molecule has 1 N–H and O–H groups in total. The van der Waals surface area contributed by atoms with Gasteiger partial charge in [0, 0.05) is 18.0 Å². The molecule has 0 amide bonds. The average molecular weight is 243 g/mol. The largest absolute Gasteiger partial charge is 0.373 e. The van der Waals surface area contributed by atoms with Gasteiger partial charge in [0.15, 0.2) is 5.82 Å². The first-order valence-corrected chi connectivity index (χ1v) is 6.46. The summed E-state index contributed by atoms with van der Waals surface area (Å²) in [6.45, 7) is 4.25. The fraction of sp³-hybridized carbons (Fsp3) is 0.429. The predicted octanol–water partition coefficient (Wildman–Crippen LogP) is 3.29. The lowest BCUT2D eigenvalue weighted by Gasteiger charge is -2.04. The van der Waals surface area contributed by atoms with Crippen LogP contribution in [-0.2, 0) is 6.42 Å². The van der Waals surface area contributed by atoms with Crippen molar-refractivity contribution in [2.45, 2.75) is 38.6 Å². The highest BCUT2D eigenvalue weighted by atomic mass is 16.5. The van der Waals surface area contributed by atoms with Crippen LogP contribution in [-0.4, -0.2) is 10.1 Å². The molecule has 1 unspecified atom stereocenters. The van der Waals surface area contributed by atoms with Crippen molar-refractivity contribution >= 4 is 5.69 Å². The van der Waals surface area contributed by atoms with Gasteiger partial charge in [-0.1, -0.05) is 37.2 Å². The first-order valence-electron chi connectivity index (χ1n) is 6.46. The Hall–Kier alpha value is -1.84. The van der Waals surface area contributed by atoms with Gasteiger partial charge in [0.2, 0.25) is 5.89 Å². The molecule has 0 radical (unpaired) electrons. The molecule has 1 aromatic heterocycles. The maximum Gasteiger partial charge on any atom is 0.249 e. The second-order valence-corrected chi connectivity index (χ2v) is 4.86. The summed E-state index contributed by atoms with van der Waals surface area (Å²) >= 11 is 0. The zero-order chi connectivity index (χ0) is 12.5. The van der Waals surface area contributed by atoms with E-state index in [0.717, 1.165) is 18.7 Å². The number of nitrogens with zero attached hydrogens (tertiary/aromatic N) is 2. The Balaban J connectivity index is 1.80. The molecule has 2 heterocycles. The molecule has 3 rings (SSSR count). The van der Waals surface area contributed by atoms with Gasteiger partial charge in [-0.05, 0) is 18.1 Å². The van der Waals surface area contributed by atoms with Gasteiger partial charge < -0.3 is 9.84 Å². The van der Waals surface area contributed by atoms with Crippen molar-refractivity contribution in [3.05, 3.63) is 41.5 Å². The van der Waals surface area contributed by atoms with Crippen LogP contribution in [0.1, 0.15) is 49.5 Å². The Kier molecular flexibility index (Phi) is 2.78. The molecule has 0 spiro atoms. The summed E-state index contributed by atoms with van der Waals surface area (Å²) in [7, 11) is 0. The summed E-state index contributed by atoms with van der Waals surface area (Å²) in [5.74, 6) is 1.86. The molecule has 2 atom stereocenters. The molecule has 4 nitrogen and oxygen atoms in total. The minimum absolute atomic E-state index is 0.118. The number of rotatable bonds is 3. The van der Waals surface area contributed by atoms with E-state index in [-0.39, 0.29) is 6.04 Å². The van der Waals surface area contributed by atoms with Crippen LogP contribution in [0, 0.1) is 0 Å². The Morgan fingerprint density at radius 1 is 1.44 bits per heavy atom. The van der Waals surface area contributed by atoms with E-state index in [1.165, 1.54) is 11.3 Å². The third-order valence-corrected chi connectivity index (χ3v) is 3.58. The van der Waals surface area contributed by atoms with Crippen molar-refractivity contribution in [1.29, 1.82) is 0 Å². The SMILES string of the molecule is CCC(C)c1noc([C@@H]2Cc3ccccc3N2)n1. The molecule has 0 saturated carbocycles. The number of aromatic nitrogens is 2. The quantitative estimate of drug-likeness (QED) is 0.898. The van der Waals surface area contributed by atoms with Crippen LogP contribution in [0.3, 0.4) is 0 Å². The number of hydrogen-bond donors (Lipinski definition) is 1. The van der Waals surface area contributed by atoms with Gasteiger partial charge >= 0.3 is 0 Å². The summed E-state index contributed by atoms with van der Waals surface area (Å²) in [5.41, 5.74) is 2.48. The maximum absolute atomic E-state index is 5.38. The van der Waals surface area contributed by atoms with Gasteiger partial charge in [-0.25, -0.2) is 0 Å². The van der Waals surface area contributed by atoms with Gasteiger partial charge in [-0.3, -0.25) is 0 Å². The zero-order valence-electron chi connectivity index (χ0n) is 10.7. The van der Waals surface area contributed by atoms with Crippen LogP contribution < -0.4 is 5.32 Å². The van der Waals surface area contributed by atoms with Crippen molar-refractivity contribution in [3.8, 4) is 0 Å². The smallest absolute Gasteiger partial charge is 0.249 e. The number of benzene rings is 1. The van der Waals surface area contributed by atoms with Gasteiger partial charge in [0.1, 0.15) is 6.04 Å². The molecular formula is C14H17N3O. The predicted molar refractivity (Wildman–Crippen MR) is 69.5 cm³/mol. The minimum atomic E-state index is 0.118. The maximum atomic E-state index is 5.38. The van der Waals surface area contributed by atoms with E-state index >= 15 is 0 Å². The molecule has 0 aliphatic carbocycles. The summed E-state index contributed by atoms with van der Waals surface area (Å²) in [5, 5.41) is 7.49. The fourth-order valence-electron chi connectivity index (χ4n) is 2.22. The molecule has 1 aliphatic rings. The van der Waals surface area contributed by atoms with E-state index in [4.69, 9.17) is 4.52 Å². The minimum Gasteiger partial charge on any atom is -0.373 e. The Labute approximate surface area is 106 Å². The lowest BCUT2D eigenvalue weighted by atomic mass is 10.1. The van der Waals surface area contributed by atoms with Gasteiger partial charge in [-0.2, -0.15) is 4.98 Å². The van der Waals surface area contributed by atoms with E-state index in [0.29, 0.717) is 11.8 Å². The number of hydrogen-bond acceptors (Lipinski definition) is 4. The molecule has 1 aliphatic heterocycles. The van der Waals surface area contributed by atoms with Gasteiger partial charge in [0.05, 0.1) is 0 Å². The zero-order valence-corrected chi connectivity index (χ0v) is 10.7. The Bertz CT molecular complexity index is 524. The lowest BCUT2D eigenvalue weighted by molar-refractivity contribution is 0.357. The first kappa shape index (κ1) is 11.3. The molecule has 94 valence electrons. The number of para-hydroxylation sites is 1. The second kappa shape index (κ2) is 4.44. The molecule has 0 saturated heterocycles. The highest BCUT2D eigenvalue weighted by Crippen LogP contribution is 2.33. The molecule has 2 aromatic rings. The van der Waals surface area contributed by atoms with Crippen LogP contribution in [0.2, 0.25) is 0 Å². The second-order valence-electron chi connectivity index (χ2n) is 4.86. The highest BCUT2D eigenvalue weighted by molar-refractivity contribution is 5.56. The van der Waals surface area contributed by atoms with E-state index in [9.17, 15) is 0 Å². The number of nitrogens with one attached hydrogen (secondary N) is 1. The van der Waals surface area contributed by atoms with Crippen molar-refractivity contribution in [2.24, 2.45) is 0 Å². The van der Waals surface area contributed by atoms with E-state index in [2.05, 4.69) is 47.5 Å². The summed E-state index contributed by atoms with van der Waals surface area (Å²) in [4.78, 5) is 4.51. The van der Waals surface area contributed by atoms with E-state index in [1.807, 2.05) is 6.07 Å². The lowest BCUT2D eigenvalue weighted by Crippen LogP contribution is -2.06. The molecule has 4 heteroatoms. The number of anilines is 1. The van der Waals surface area contributed by atoms with Crippen LogP contribution in [0.15, 0.2) is 28.8 Å². The average Bonchev–Trinajstić information content (AvgIpc) is 3.03. The topological polar surface area (TPSA) is 51.0 Å². The monoisotopic (exact) mass is 243 g/mol. The van der Waals surface area contributed by atoms with Gasteiger partial charge in [-0.15, -0.1) is 0 Å². The van der Waals surface area contributed by atoms with Crippen LogP contribution in [0.4, 0.5) is 5.69 Å². The van der Waals surface area contributed by atoms with Crippen molar-refractivity contribution < 1.29 is 4.52 Å². The Morgan fingerprint density at radius 2 is 2.28 bits per heavy atom. The standard InChI is InChI=1S/C14H17N3O/c1-3-9(2)13-16-14(18-17-13)12-8-10-6-4-5-7-11(10)15-12/h4-7,9,12,15H,3,8H2,1-2H3/t9?,12-/m0/s1. The Morgan fingerprint density at radius 3 is 3.06 bits per heavy atom. The van der Waals surface area contributed by atoms with Crippen LogP contribution in [0.5, 0.6) is 0 Å². The molecule has 0 fully saturated rings. The summed E-state index contributed by atoms with van der Waals surface area (Å²) in [6, 6.07) is 8.43. The number of fused-ring (bicyclic) bond motifs is 1. The molecule has 0 bridgehead atoms. The third-order valence-electron chi connectivity index (χ3n) is 3.58. The fourth-order valence-corrected chi connectivity index (χ4v) is 2.22. The van der Waals surface area contributed by atoms with Crippen LogP contribution >= 0.6 is 0 Å². The highest BCUT2D eigenvalue weighted by Gasteiger charge is 2.26. The van der Waals surface area contributed by atoms with E-state index < -0.39 is 0 Å². The van der Waals surface area contributed by atoms with Crippen molar-refractivity contribution in [3.63, 3.8) is 0 Å². The first-order chi connectivity index (χ1) is 8.78. The summed E-state index contributed by atoms with van der Waals surface area (Å²) in [6.07, 6.45) is 1.94. The molecular weight excluding hydrogens is 226 g/mol. The normalized spacial score (nSPS) is 19.3. The van der Waals surface area contributed by atoms with Crippen molar-refractivity contribution in [2.75, 3.05) is 5.32 Å². The molecule has 1 aromatic carbocycles.